The fourth-order valence-electron chi connectivity index (χ4n) is 1.28. The lowest BCUT2D eigenvalue weighted by atomic mass is 10.2. The van der Waals surface area contributed by atoms with Crippen LogP contribution in [0, 0.1) is 0 Å². The summed E-state index contributed by atoms with van der Waals surface area (Å²) in [6.45, 7) is 3.61. The molecule has 82 valence electrons. The van der Waals surface area contributed by atoms with Crippen molar-refractivity contribution in [3.8, 4) is 11.4 Å². The van der Waals surface area contributed by atoms with E-state index in [4.69, 9.17) is 10.3 Å². The molecule has 2 rings (SSSR count). The summed E-state index contributed by atoms with van der Waals surface area (Å²) in [7, 11) is 0. The molecule has 2 heterocycles. The fourth-order valence-corrected chi connectivity index (χ4v) is 1.28. The molecule has 1 unspecified atom stereocenters. The second-order valence-corrected chi connectivity index (χ2v) is 3.32. The lowest BCUT2D eigenvalue weighted by Gasteiger charge is -2.00. The molecule has 0 spiro atoms. The number of nitrogens with two attached hydrogens (primary N) is 1. The van der Waals surface area contributed by atoms with Crippen LogP contribution in [0.2, 0.25) is 0 Å². The van der Waals surface area contributed by atoms with Crippen molar-refractivity contribution in [1.82, 2.24) is 15.1 Å². The fraction of sp³-hybridized carbons (Fsp3) is 0.182. The number of nitrogens with zero attached hydrogens (tertiary/aromatic N) is 3. The van der Waals surface area contributed by atoms with Crippen LogP contribution in [-0.2, 0) is 0 Å². The van der Waals surface area contributed by atoms with Gasteiger partial charge in [0.15, 0.2) is 0 Å². The highest BCUT2D eigenvalue weighted by Crippen LogP contribution is 2.18. The molecule has 0 bridgehead atoms. The summed E-state index contributed by atoms with van der Waals surface area (Å²) >= 11 is 0. The Kier molecular flexibility index (Phi) is 3.07. The summed E-state index contributed by atoms with van der Waals surface area (Å²) in [5, 5.41) is 3.86. The van der Waals surface area contributed by atoms with E-state index in [-0.39, 0.29) is 6.04 Å². The Morgan fingerprint density at radius 2 is 2.19 bits per heavy atom. The van der Waals surface area contributed by atoms with Gasteiger partial charge >= 0.3 is 0 Å². The topological polar surface area (TPSA) is 77.8 Å². The Labute approximate surface area is 93.0 Å². The molecule has 5 nitrogen and oxygen atoms in total. The lowest BCUT2D eigenvalue weighted by Crippen LogP contribution is -2.09. The predicted octanol–water partition coefficient (Wildman–Crippen LogP) is 1.71. The molecule has 0 radical (unpaired) electrons. The molecule has 2 N–H and O–H groups in total. The van der Waals surface area contributed by atoms with Crippen LogP contribution in [0.15, 0.2) is 41.7 Å². The van der Waals surface area contributed by atoms with Crippen molar-refractivity contribution in [1.29, 1.82) is 0 Å². The van der Waals surface area contributed by atoms with Crippen molar-refractivity contribution in [2.45, 2.75) is 12.5 Å². The predicted molar refractivity (Wildman–Crippen MR) is 59.3 cm³/mol. The van der Waals surface area contributed by atoms with Gasteiger partial charge in [-0.3, -0.25) is 4.98 Å². The lowest BCUT2D eigenvalue weighted by molar-refractivity contribution is 0.356. The molecule has 5 heteroatoms. The van der Waals surface area contributed by atoms with E-state index in [1.54, 1.807) is 18.5 Å². The first-order valence-electron chi connectivity index (χ1n) is 4.91. The molecule has 0 aliphatic heterocycles. The summed E-state index contributed by atoms with van der Waals surface area (Å²) in [4.78, 5) is 8.14. The largest absolute Gasteiger partial charge is 0.337 e. The quantitative estimate of drug-likeness (QED) is 0.787. The van der Waals surface area contributed by atoms with E-state index in [2.05, 4.69) is 21.7 Å². The zero-order chi connectivity index (χ0) is 11.4. The van der Waals surface area contributed by atoms with Crippen LogP contribution < -0.4 is 5.73 Å². The summed E-state index contributed by atoms with van der Waals surface area (Å²) < 4.78 is 5.08. The van der Waals surface area contributed by atoms with Gasteiger partial charge in [0.25, 0.3) is 0 Å². The maximum atomic E-state index is 5.82. The molecule has 16 heavy (non-hydrogen) atoms. The van der Waals surface area contributed by atoms with Gasteiger partial charge in [-0.25, -0.2) is 0 Å². The number of hydrogen-bond acceptors (Lipinski definition) is 5. The average Bonchev–Trinajstić information content (AvgIpc) is 2.80. The maximum Gasteiger partial charge on any atom is 0.244 e. The first kappa shape index (κ1) is 10.5. The van der Waals surface area contributed by atoms with E-state index in [0.29, 0.717) is 18.1 Å². The van der Waals surface area contributed by atoms with Gasteiger partial charge in [-0.15, -0.1) is 6.58 Å². The molecule has 0 aliphatic rings. The van der Waals surface area contributed by atoms with Crippen LogP contribution in [0.3, 0.4) is 0 Å². The zero-order valence-electron chi connectivity index (χ0n) is 8.71. The highest BCUT2D eigenvalue weighted by atomic mass is 16.5. The second kappa shape index (κ2) is 4.67. The number of rotatable bonds is 4. The molecular formula is C11H12N4O. The SMILES string of the molecule is C=CCC(N)c1nc(-c2ccncc2)no1. The second-order valence-electron chi connectivity index (χ2n) is 3.32. The average molecular weight is 216 g/mol. The standard InChI is InChI=1S/C11H12N4O/c1-2-3-9(12)11-14-10(15-16-11)8-4-6-13-7-5-8/h2,4-7,9H,1,3,12H2. The molecular weight excluding hydrogens is 204 g/mol. The number of hydrogen-bond donors (Lipinski definition) is 1. The number of aromatic nitrogens is 3. The Hall–Kier alpha value is -2.01. The molecule has 0 aliphatic carbocycles. The zero-order valence-corrected chi connectivity index (χ0v) is 8.71. The van der Waals surface area contributed by atoms with Crippen LogP contribution in [0.25, 0.3) is 11.4 Å². The van der Waals surface area contributed by atoms with E-state index in [9.17, 15) is 0 Å². The minimum atomic E-state index is -0.291. The minimum Gasteiger partial charge on any atom is -0.337 e. The van der Waals surface area contributed by atoms with Crippen LogP contribution in [-0.4, -0.2) is 15.1 Å². The molecule has 0 fully saturated rings. The summed E-state index contributed by atoms with van der Waals surface area (Å²) in [6, 6.07) is 3.34. The van der Waals surface area contributed by atoms with Gasteiger partial charge in [0.2, 0.25) is 11.7 Å². The Morgan fingerprint density at radius 3 is 2.88 bits per heavy atom. The van der Waals surface area contributed by atoms with Gasteiger partial charge in [0.05, 0.1) is 6.04 Å². The van der Waals surface area contributed by atoms with Gasteiger partial charge in [-0.1, -0.05) is 11.2 Å². The third-order valence-electron chi connectivity index (χ3n) is 2.12. The normalized spacial score (nSPS) is 12.3. The maximum absolute atomic E-state index is 5.82. The minimum absolute atomic E-state index is 0.291. The van der Waals surface area contributed by atoms with Crippen molar-refractivity contribution in [3.63, 3.8) is 0 Å². The first-order valence-corrected chi connectivity index (χ1v) is 4.91. The third kappa shape index (κ3) is 2.14. The van der Waals surface area contributed by atoms with E-state index in [1.807, 2.05) is 12.1 Å². The summed E-state index contributed by atoms with van der Waals surface area (Å²) in [5.41, 5.74) is 6.67. The monoisotopic (exact) mass is 216 g/mol. The Balaban J connectivity index is 2.23. The van der Waals surface area contributed by atoms with E-state index in [1.165, 1.54) is 0 Å². The van der Waals surface area contributed by atoms with Crippen molar-refractivity contribution < 1.29 is 4.52 Å². The van der Waals surface area contributed by atoms with Crippen LogP contribution in [0.4, 0.5) is 0 Å². The molecule has 2 aromatic heterocycles. The van der Waals surface area contributed by atoms with Crippen molar-refractivity contribution >= 4 is 0 Å². The number of pyridine rings is 1. The highest BCUT2D eigenvalue weighted by Gasteiger charge is 2.13. The molecule has 0 saturated heterocycles. The van der Waals surface area contributed by atoms with Crippen LogP contribution in [0.5, 0.6) is 0 Å². The van der Waals surface area contributed by atoms with Crippen LogP contribution >= 0.6 is 0 Å². The summed E-state index contributed by atoms with van der Waals surface area (Å²) in [6.07, 6.45) is 5.68. The van der Waals surface area contributed by atoms with Gasteiger partial charge in [0, 0.05) is 18.0 Å². The van der Waals surface area contributed by atoms with E-state index in [0.717, 1.165) is 5.56 Å². The molecule has 0 amide bonds. The van der Waals surface area contributed by atoms with Gasteiger partial charge in [0.1, 0.15) is 0 Å². The van der Waals surface area contributed by atoms with Crippen LogP contribution in [0.1, 0.15) is 18.4 Å². The van der Waals surface area contributed by atoms with Gasteiger partial charge < -0.3 is 10.3 Å². The van der Waals surface area contributed by atoms with Crippen molar-refractivity contribution in [2.75, 3.05) is 0 Å². The highest BCUT2D eigenvalue weighted by molar-refractivity contribution is 5.52. The third-order valence-corrected chi connectivity index (χ3v) is 2.12. The Bertz CT molecular complexity index is 466. The smallest absolute Gasteiger partial charge is 0.244 e. The first-order chi connectivity index (χ1) is 7.81. The molecule has 1 atom stereocenters. The van der Waals surface area contributed by atoms with E-state index < -0.39 is 0 Å². The Morgan fingerprint density at radius 1 is 1.44 bits per heavy atom. The van der Waals surface area contributed by atoms with Gasteiger partial charge in [-0.2, -0.15) is 4.98 Å². The van der Waals surface area contributed by atoms with Gasteiger partial charge in [-0.05, 0) is 18.6 Å². The van der Waals surface area contributed by atoms with Crippen molar-refractivity contribution in [3.05, 3.63) is 43.1 Å². The summed E-state index contributed by atoms with van der Waals surface area (Å²) in [5.74, 6) is 0.948. The van der Waals surface area contributed by atoms with Crippen molar-refractivity contribution in [2.24, 2.45) is 5.73 Å². The molecule has 2 aromatic rings. The molecule has 0 aromatic carbocycles. The van der Waals surface area contributed by atoms with E-state index >= 15 is 0 Å². The molecule has 0 saturated carbocycles.